The molecular formula is C14H9ClF2N2O. The van der Waals surface area contributed by atoms with Crippen LogP contribution in [0.2, 0.25) is 5.02 Å². The molecule has 0 saturated heterocycles. The van der Waals surface area contributed by atoms with E-state index in [2.05, 4.69) is 10.1 Å². The van der Waals surface area contributed by atoms with Crippen molar-refractivity contribution in [3.63, 3.8) is 0 Å². The molecule has 0 fully saturated rings. The normalized spacial score (nSPS) is 10.2. The number of benzene rings is 2. The molecule has 1 N–H and O–H groups in total. The third-order valence-corrected chi connectivity index (χ3v) is 2.78. The lowest BCUT2D eigenvalue weighted by Crippen LogP contribution is -2.04. The van der Waals surface area contributed by atoms with Crippen LogP contribution < -0.4 is 10.1 Å². The number of nitriles is 1. The van der Waals surface area contributed by atoms with Gasteiger partial charge in [-0.1, -0.05) is 23.7 Å². The first-order valence-corrected chi connectivity index (χ1v) is 5.98. The van der Waals surface area contributed by atoms with Crippen molar-refractivity contribution in [2.45, 2.75) is 6.61 Å². The highest BCUT2D eigenvalue weighted by Crippen LogP contribution is 2.30. The SMILES string of the molecule is N#Cc1ccc(Nc2ccccc2OC(F)F)cc1Cl. The molecule has 0 spiro atoms. The van der Waals surface area contributed by atoms with Gasteiger partial charge in [0.15, 0.2) is 0 Å². The molecule has 2 aromatic carbocycles. The van der Waals surface area contributed by atoms with Gasteiger partial charge in [-0.2, -0.15) is 14.0 Å². The Labute approximate surface area is 119 Å². The molecule has 2 rings (SSSR count). The van der Waals surface area contributed by atoms with Crippen LogP contribution >= 0.6 is 11.6 Å². The molecule has 0 aliphatic carbocycles. The van der Waals surface area contributed by atoms with E-state index in [1.54, 1.807) is 36.4 Å². The Morgan fingerprint density at radius 3 is 2.60 bits per heavy atom. The van der Waals surface area contributed by atoms with Gasteiger partial charge in [0.2, 0.25) is 0 Å². The second-order valence-corrected chi connectivity index (χ2v) is 4.21. The van der Waals surface area contributed by atoms with Crippen LogP contribution in [-0.2, 0) is 0 Å². The molecule has 3 nitrogen and oxygen atoms in total. The van der Waals surface area contributed by atoms with Gasteiger partial charge < -0.3 is 10.1 Å². The predicted molar refractivity (Wildman–Crippen MR) is 72.5 cm³/mol. The van der Waals surface area contributed by atoms with Gasteiger partial charge in [-0.3, -0.25) is 0 Å². The summed E-state index contributed by atoms with van der Waals surface area (Å²) in [6.07, 6.45) is 0. The quantitative estimate of drug-likeness (QED) is 0.899. The summed E-state index contributed by atoms with van der Waals surface area (Å²) in [5, 5.41) is 12.0. The zero-order valence-electron chi connectivity index (χ0n) is 10.1. The summed E-state index contributed by atoms with van der Waals surface area (Å²) in [7, 11) is 0. The van der Waals surface area contributed by atoms with E-state index < -0.39 is 6.61 Å². The fourth-order valence-corrected chi connectivity index (χ4v) is 1.83. The maximum Gasteiger partial charge on any atom is 0.387 e. The molecule has 0 amide bonds. The number of rotatable bonds is 4. The van der Waals surface area contributed by atoms with Gasteiger partial charge in [0.25, 0.3) is 0 Å². The molecular weight excluding hydrogens is 286 g/mol. The predicted octanol–water partition coefficient (Wildman–Crippen LogP) is 4.56. The van der Waals surface area contributed by atoms with Gasteiger partial charge in [0, 0.05) is 5.69 Å². The number of hydrogen-bond acceptors (Lipinski definition) is 3. The lowest BCUT2D eigenvalue weighted by Gasteiger charge is -2.12. The van der Waals surface area contributed by atoms with Crippen molar-refractivity contribution in [1.29, 1.82) is 5.26 Å². The molecule has 0 unspecified atom stereocenters. The van der Waals surface area contributed by atoms with E-state index >= 15 is 0 Å². The van der Waals surface area contributed by atoms with Crippen LogP contribution in [0.1, 0.15) is 5.56 Å². The molecule has 0 aromatic heterocycles. The van der Waals surface area contributed by atoms with Gasteiger partial charge in [0.1, 0.15) is 11.8 Å². The Hall–Kier alpha value is -2.32. The van der Waals surface area contributed by atoms with Crippen molar-refractivity contribution in [3.05, 3.63) is 53.1 Å². The van der Waals surface area contributed by atoms with Crippen LogP contribution in [0.3, 0.4) is 0 Å². The summed E-state index contributed by atoms with van der Waals surface area (Å²) in [6.45, 7) is -2.90. The first-order valence-electron chi connectivity index (χ1n) is 5.60. The Balaban J connectivity index is 2.26. The number of nitrogens with one attached hydrogen (secondary N) is 1. The van der Waals surface area contributed by atoms with E-state index in [-0.39, 0.29) is 10.8 Å². The lowest BCUT2D eigenvalue weighted by atomic mass is 10.2. The summed E-state index contributed by atoms with van der Waals surface area (Å²) >= 11 is 5.91. The van der Waals surface area contributed by atoms with E-state index in [0.29, 0.717) is 16.9 Å². The van der Waals surface area contributed by atoms with Crippen molar-refractivity contribution < 1.29 is 13.5 Å². The van der Waals surface area contributed by atoms with Crippen LogP contribution in [0.5, 0.6) is 5.75 Å². The van der Waals surface area contributed by atoms with Crippen molar-refractivity contribution >= 4 is 23.0 Å². The molecule has 20 heavy (non-hydrogen) atoms. The van der Waals surface area contributed by atoms with E-state index in [1.165, 1.54) is 6.07 Å². The topological polar surface area (TPSA) is 45.0 Å². The second kappa shape index (κ2) is 6.22. The van der Waals surface area contributed by atoms with Gasteiger partial charge in [-0.25, -0.2) is 0 Å². The van der Waals surface area contributed by atoms with Crippen LogP contribution in [0.25, 0.3) is 0 Å². The van der Waals surface area contributed by atoms with Crippen molar-refractivity contribution in [1.82, 2.24) is 0 Å². The minimum absolute atomic E-state index is 0.0305. The van der Waals surface area contributed by atoms with E-state index in [9.17, 15) is 8.78 Å². The highest BCUT2D eigenvalue weighted by molar-refractivity contribution is 6.32. The summed E-state index contributed by atoms with van der Waals surface area (Å²) in [5.41, 5.74) is 1.29. The van der Waals surface area contributed by atoms with Gasteiger partial charge in [-0.15, -0.1) is 0 Å². The molecule has 6 heteroatoms. The molecule has 0 heterocycles. The average Bonchev–Trinajstić information content (AvgIpc) is 2.41. The zero-order chi connectivity index (χ0) is 14.5. The van der Waals surface area contributed by atoms with Crippen LogP contribution in [0.4, 0.5) is 20.2 Å². The van der Waals surface area contributed by atoms with Gasteiger partial charge >= 0.3 is 6.61 Å². The third kappa shape index (κ3) is 3.37. The Kier molecular flexibility index (Phi) is 4.38. The zero-order valence-corrected chi connectivity index (χ0v) is 10.9. The molecule has 0 radical (unpaired) electrons. The third-order valence-electron chi connectivity index (χ3n) is 2.47. The average molecular weight is 295 g/mol. The molecule has 2 aromatic rings. The van der Waals surface area contributed by atoms with Gasteiger partial charge in [-0.05, 0) is 30.3 Å². The van der Waals surface area contributed by atoms with Gasteiger partial charge in [0.05, 0.1) is 16.3 Å². The standard InChI is InChI=1S/C14H9ClF2N2O/c15-11-7-10(6-5-9(11)8-18)19-12-3-1-2-4-13(12)20-14(16)17/h1-7,14,19H. The number of anilines is 2. The van der Waals surface area contributed by atoms with Crippen molar-refractivity contribution in [2.24, 2.45) is 0 Å². The summed E-state index contributed by atoms with van der Waals surface area (Å²) in [6, 6.07) is 13.0. The highest BCUT2D eigenvalue weighted by atomic mass is 35.5. The number of halogens is 3. The maximum absolute atomic E-state index is 12.3. The molecule has 0 aliphatic heterocycles. The summed E-state index contributed by atoms with van der Waals surface area (Å²) in [5.74, 6) is 0.0305. The summed E-state index contributed by atoms with van der Waals surface area (Å²) in [4.78, 5) is 0. The number of hydrogen-bond donors (Lipinski definition) is 1. The number of ether oxygens (including phenoxy) is 1. The highest BCUT2D eigenvalue weighted by Gasteiger charge is 2.09. The molecule has 0 saturated carbocycles. The second-order valence-electron chi connectivity index (χ2n) is 3.81. The van der Waals surface area contributed by atoms with Crippen LogP contribution in [-0.4, -0.2) is 6.61 Å². The van der Waals surface area contributed by atoms with Crippen LogP contribution in [0.15, 0.2) is 42.5 Å². The lowest BCUT2D eigenvalue weighted by molar-refractivity contribution is -0.0493. The largest absolute Gasteiger partial charge is 0.433 e. The van der Waals surface area contributed by atoms with E-state index in [1.807, 2.05) is 6.07 Å². The Morgan fingerprint density at radius 1 is 1.20 bits per heavy atom. The first-order chi connectivity index (χ1) is 9.60. The van der Waals surface area contributed by atoms with Crippen LogP contribution in [0, 0.1) is 11.3 Å². The monoisotopic (exact) mass is 294 g/mol. The van der Waals surface area contributed by atoms with E-state index in [0.717, 1.165) is 0 Å². The smallest absolute Gasteiger partial charge is 0.387 e. The molecule has 102 valence electrons. The Morgan fingerprint density at radius 2 is 1.95 bits per heavy atom. The minimum atomic E-state index is -2.90. The number of para-hydroxylation sites is 2. The Bertz CT molecular complexity index is 656. The van der Waals surface area contributed by atoms with Crippen molar-refractivity contribution in [3.8, 4) is 11.8 Å². The van der Waals surface area contributed by atoms with E-state index in [4.69, 9.17) is 16.9 Å². The molecule has 0 atom stereocenters. The summed E-state index contributed by atoms with van der Waals surface area (Å²) < 4.78 is 29.0. The fraction of sp³-hybridized carbons (Fsp3) is 0.0714. The molecule has 0 aliphatic rings. The van der Waals surface area contributed by atoms with Crippen molar-refractivity contribution in [2.75, 3.05) is 5.32 Å². The number of alkyl halides is 2. The maximum atomic E-state index is 12.3. The number of nitrogens with zero attached hydrogens (tertiary/aromatic N) is 1. The minimum Gasteiger partial charge on any atom is -0.433 e. The molecule has 0 bridgehead atoms. The fourth-order valence-electron chi connectivity index (χ4n) is 1.61. The first kappa shape index (κ1) is 14.1.